The lowest BCUT2D eigenvalue weighted by molar-refractivity contribution is -0.117. The minimum absolute atomic E-state index is 0.0548. The van der Waals surface area contributed by atoms with Gasteiger partial charge in [0, 0.05) is 5.75 Å². The van der Waals surface area contributed by atoms with E-state index in [0.29, 0.717) is 28.0 Å². The van der Waals surface area contributed by atoms with Crippen molar-refractivity contribution in [3.05, 3.63) is 155 Å². The fourth-order valence-electron chi connectivity index (χ4n) is 4.77. The molecule has 224 valence electrons. The van der Waals surface area contributed by atoms with E-state index in [0.717, 1.165) is 16.7 Å². The highest BCUT2D eigenvalue weighted by Crippen LogP contribution is 2.43. The number of allylic oxidation sites excluding steroid dienone is 1. The molecule has 45 heavy (non-hydrogen) atoms. The summed E-state index contributed by atoms with van der Waals surface area (Å²) >= 11 is 2.56. The van der Waals surface area contributed by atoms with Gasteiger partial charge in [0.15, 0.2) is 15.9 Å². The number of hydrogen-bond acceptors (Lipinski definition) is 8. The number of benzene rings is 4. The zero-order valence-electron chi connectivity index (χ0n) is 23.7. The molecule has 1 amide bonds. The number of aliphatic hydroxyl groups is 1. The first-order chi connectivity index (χ1) is 22.0. The molecule has 1 aliphatic heterocycles. The molecule has 0 saturated carbocycles. The van der Waals surface area contributed by atoms with Gasteiger partial charge in [-0.3, -0.25) is 14.5 Å². The van der Waals surface area contributed by atoms with Gasteiger partial charge in [0.05, 0.1) is 11.6 Å². The fourth-order valence-corrected chi connectivity index (χ4v) is 6.59. The first-order valence-corrected chi connectivity index (χ1v) is 15.8. The van der Waals surface area contributed by atoms with Crippen molar-refractivity contribution in [2.75, 3.05) is 4.90 Å². The van der Waals surface area contributed by atoms with E-state index in [1.54, 1.807) is 42.5 Å². The van der Waals surface area contributed by atoms with Crippen LogP contribution in [0.4, 0.5) is 9.52 Å². The van der Waals surface area contributed by atoms with Crippen molar-refractivity contribution in [2.24, 2.45) is 0 Å². The van der Waals surface area contributed by atoms with E-state index in [2.05, 4.69) is 10.2 Å². The number of amides is 1. The molecule has 0 radical (unpaired) electrons. The van der Waals surface area contributed by atoms with Crippen molar-refractivity contribution in [3.8, 4) is 5.75 Å². The van der Waals surface area contributed by atoms with E-state index >= 15 is 0 Å². The molecule has 7 nitrogen and oxygen atoms in total. The maximum atomic E-state index is 13.6. The van der Waals surface area contributed by atoms with Crippen LogP contribution >= 0.6 is 23.1 Å². The van der Waals surface area contributed by atoms with Gasteiger partial charge >= 0.3 is 0 Å². The van der Waals surface area contributed by atoms with Crippen molar-refractivity contribution in [1.82, 2.24) is 10.2 Å². The summed E-state index contributed by atoms with van der Waals surface area (Å²) < 4.78 is 19.8. The summed E-state index contributed by atoms with van der Waals surface area (Å²) in [6.07, 6.45) is 2.99. The van der Waals surface area contributed by atoms with E-state index in [1.165, 1.54) is 46.2 Å². The third kappa shape index (κ3) is 7.03. The quantitative estimate of drug-likeness (QED) is 0.0902. The molecular formula is C35H26FN3O4S2. The molecule has 0 bridgehead atoms. The predicted octanol–water partition coefficient (Wildman–Crippen LogP) is 7.73. The van der Waals surface area contributed by atoms with E-state index in [4.69, 9.17) is 4.74 Å². The first kappa shape index (κ1) is 30.0. The Morgan fingerprint density at radius 2 is 1.60 bits per heavy atom. The molecule has 6 rings (SSSR count). The lowest BCUT2D eigenvalue weighted by atomic mass is 9.95. The Bertz CT molecular complexity index is 1860. The van der Waals surface area contributed by atoms with E-state index < -0.39 is 23.5 Å². The third-order valence-electron chi connectivity index (χ3n) is 7.02. The molecule has 0 aliphatic carbocycles. The minimum atomic E-state index is -0.948. The van der Waals surface area contributed by atoms with Gasteiger partial charge in [-0.05, 0) is 52.6 Å². The normalized spacial score (nSPS) is 14.8. The monoisotopic (exact) mass is 635 g/mol. The average molecular weight is 636 g/mol. The number of anilines is 1. The lowest BCUT2D eigenvalue weighted by Gasteiger charge is -2.24. The number of aliphatic hydroxyl groups excluding tert-OH is 1. The second-order valence-electron chi connectivity index (χ2n) is 10.1. The second kappa shape index (κ2) is 13.7. The molecule has 0 fully saturated rings. The standard InChI is InChI=1S/C35H26FN3O4S2/c36-27-16-11-25(12-17-27)22-44-35-38-37-34(45-35)39-31(26-14-18-28(19-15-26)43-21-24-9-5-2-6-10-24)30(32(41)33(39)42)29(40)20-13-23-7-3-1-4-8-23/h1-20,31,41H,21-22H2. The zero-order chi connectivity index (χ0) is 31.2. The highest BCUT2D eigenvalue weighted by Gasteiger charge is 2.45. The van der Waals surface area contributed by atoms with E-state index in [-0.39, 0.29) is 16.5 Å². The Morgan fingerprint density at radius 3 is 2.31 bits per heavy atom. The van der Waals surface area contributed by atoms with Crippen molar-refractivity contribution in [1.29, 1.82) is 0 Å². The van der Waals surface area contributed by atoms with Crippen LogP contribution in [0.1, 0.15) is 28.3 Å². The largest absolute Gasteiger partial charge is 0.503 e. The topological polar surface area (TPSA) is 92.6 Å². The summed E-state index contributed by atoms with van der Waals surface area (Å²) in [6.45, 7) is 0.381. The summed E-state index contributed by atoms with van der Waals surface area (Å²) in [6, 6.07) is 31.3. The number of ketones is 1. The van der Waals surface area contributed by atoms with Crippen LogP contribution in [0, 0.1) is 5.82 Å². The fraction of sp³-hybridized carbons (Fsp3) is 0.0857. The molecule has 10 heteroatoms. The Hall–Kier alpha value is -5.06. The van der Waals surface area contributed by atoms with Gasteiger partial charge in [-0.15, -0.1) is 10.2 Å². The number of carbonyl (C=O) groups is 2. The SMILES string of the molecule is O=C(C=Cc1ccccc1)C1=C(O)C(=O)N(c2nnc(SCc3ccc(F)cc3)s2)C1c1ccc(OCc2ccccc2)cc1. The van der Waals surface area contributed by atoms with Crippen LogP contribution in [0.2, 0.25) is 0 Å². The maximum Gasteiger partial charge on any atom is 0.296 e. The van der Waals surface area contributed by atoms with Gasteiger partial charge in [0.1, 0.15) is 18.2 Å². The number of rotatable bonds is 11. The summed E-state index contributed by atoms with van der Waals surface area (Å²) in [5, 5.41) is 19.8. The number of hydrogen-bond donors (Lipinski definition) is 1. The molecule has 5 aromatic rings. The van der Waals surface area contributed by atoms with E-state index in [9.17, 15) is 19.1 Å². The van der Waals surface area contributed by atoms with Crippen LogP contribution in [0.5, 0.6) is 5.75 Å². The van der Waals surface area contributed by atoms with Crippen LogP contribution in [0.3, 0.4) is 0 Å². The average Bonchev–Trinajstić information content (AvgIpc) is 3.65. The number of thioether (sulfide) groups is 1. The maximum absolute atomic E-state index is 13.6. The number of carbonyl (C=O) groups excluding carboxylic acids is 2. The zero-order valence-corrected chi connectivity index (χ0v) is 25.4. The number of ether oxygens (including phenoxy) is 1. The molecule has 1 unspecified atom stereocenters. The van der Waals surface area contributed by atoms with Crippen LogP contribution in [-0.4, -0.2) is 27.0 Å². The second-order valence-corrected chi connectivity index (χ2v) is 12.2. The van der Waals surface area contributed by atoms with Gasteiger partial charge < -0.3 is 9.84 Å². The van der Waals surface area contributed by atoms with Crippen LogP contribution in [0.15, 0.2) is 131 Å². The van der Waals surface area contributed by atoms with Crippen LogP contribution in [-0.2, 0) is 21.9 Å². The minimum Gasteiger partial charge on any atom is -0.503 e. The predicted molar refractivity (Wildman–Crippen MR) is 173 cm³/mol. The first-order valence-electron chi connectivity index (χ1n) is 14.0. The highest BCUT2D eigenvalue weighted by atomic mass is 32.2. The Balaban J connectivity index is 1.28. The van der Waals surface area contributed by atoms with Crippen LogP contribution < -0.4 is 9.64 Å². The van der Waals surface area contributed by atoms with Gasteiger partial charge in [0.25, 0.3) is 5.91 Å². The molecule has 2 heterocycles. The molecule has 0 spiro atoms. The highest BCUT2D eigenvalue weighted by molar-refractivity contribution is 8.00. The van der Waals surface area contributed by atoms with Gasteiger partial charge in [-0.1, -0.05) is 114 Å². The van der Waals surface area contributed by atoms with Gasteiger partial charge in [-0.25, -0.2) is 4.39 Å². The molecule has 1 aliphatic rings. The van der Waals surface area contributed by atoms with Gasteiger partial charge in [-0.2, -0.15) is 0 Å². The summed E-state index contributed by atoms with van der Waals surface area (Å²) in [5.41, 5.74) is 3.26. The lowest BCUT2D eigenvalue weighted by Crippen LogP contribution is -2.30. The molecule has 1 atom stereocenters. The van der Waals surface area contributed by atoms with Gasteiger partial charge in [0.2, 0.25) is 5.13 Å². The van der Waals surface area contributed by atoms with Crippen molar-refractivity contribution < 1.29 is 23.8 Å². The van der Waals surface area contributed by atoms with Crippen LogP contribution in [0.25, 0.3) is 6.08 Å². The number of aromatic nitrogens is 2. The number of halogens is 1. The summed E-state index contributed by atoms with van der Waals surface area (Å²) in [7, 11) is 0. The number of nitrogens with zero attached hydrogens (tertiary/aromatic N) is 3. The molecule has 0 saturated heterocycles. The summed E-state index contributed by atoms with van der Waals surface area (Å²) in [5.74, 6) is -1.06. The smallest absolute Gasteiger partial charge is 0.296 e. The molecule has 1 aromatic heterocycles. The van der Waals surface area contributed by atoms with E-state index in [1.807, 2.05) is 60.7 Å². The Kier molecular flexibility index (Phi) is 9.14. The third-order valence-corrected chi connectivity index (χ3v) is 9.15. The molecular weight excluding hydrogens is 610 g/mol. The Labute approximate surface area is 267 Å². The summed E-state index contributed by atoms with van der Waals surface area (Å²) in [4.78, 5) is 28.4. The van der Waals surface area contributed by atoms with Crippen molar-refractivity contribution in [2.45, 2.75) is 22.7 Å². The molecule has 4 aromatic carbocycles. The Morgan fingerprint density at radius 1 is 0.911 bits per heavy atom. The van der Waals surface area contributed by atoms with Crippen molar-refractivity contribution >= 4 is 46.0 Å². The molecule has 1 N–H and O–H groups in total. The van der Waals surface area contributed by atoms with Crippen molar-refractivity contribution in [3.63, 3.8) is 0 Å².